The molecule has 2 heteroatoms. The van der Waals surface area contributed by atoms with Gasteiger partial charge in [-0.3, -0.25) is 0 Å². The fourth-order valence-corrected chi connectivity index (χ4v) is 7.69. The number of hydrogen-bond donors (Lipinski definition) is 1. The van der Waals surface area contributed by atoms with Crippen molar-refractivity contribution in [3.05, 3.63) is 12.2 Å². The molecule has 0 aromatic heterocycles. The van der Waals surface area contributed by atoms with Gasteiger partial charge in [0, 0.05) is 0 Å². The molecule has 1 N–H and O–H groups in total. The highest BCUT2D eigenvalue weighted by atomic mass is 16.6. The van der Waals surface area contributed by atoms with Crippen molar-refractivity contribution in [2.24, 2.45) is 29.1 Å². The molecule has 5 rings (SSSR count). The molecule has 1 heterocycles. The zero-order valence-electron chi connectivity index (χ0n) is 14.1. The maximum absolute atomic E-state index is 10.6. The largest absolute Gasteiger partial charge is 0.393 e. The van der Waals surface area contributed by atoms with Crippen LogP contribution >= 0.6 is 0 Å². The van der Waals surface area contributed by atoms with Crippen LogP contribution in [0.1, 0.15) is 65.2 Å². The lowest BCUT2D eigenvalue weighted by atomic mass is 9.48. The van der Waals surface area contributed by atoms with Crippen molar-refractivity contribution < 1.29 is 9.84 Å². The standard InChI is InChI=1S/C20H30O2/c1-12-6-9-20-15-7-8-18(3)14(4-5-16(18)21)17(15)13(2)11-19(20,10-12)22-20/h13-17,21H,1,4-11H2,2-3H3/t13-,14+,15+,16-,17+,18+,19-,20+/m1/s1. The van der Waals surface area contributed by atoms with Gasteiger partial charge in [-0.15, -0.1) is 0 Å². The Balaban J connectivity index is 1.53. The first-order valence-corrected chi connectivity index (χ1v) is 9.47. The summed E-state index contributed by atoms with van der Waals surface area (Å²) in [4.78, 5) is 0. The van der Waals surface area contributed by atoms with Gasteiger partial charge < -0.3 is 9.84 Å². The average molecular weight is 302 g/mol. The summed E-state index contributed by atoms with van der Waals surface area (Å²) in [5.74, 6) is 2.98. The van der Waals surface area contributed by atoms with Gasteiger partial charge in [0.15, 0.2) is 0 Å². The van der Waals surface area contributed by atoms with Crippen molar-refractivity contribution in [2.75, 3.05) is 0 Å². The Hall–Kier alpha value is -0.340. The van der Waals surface area contributed by atoms with Gasteiger partial charge in [-0.25, -0.2) is 0 Å². The highest BCUT2D eigenvalue weighted by molar-refractivity contribution is 5.31. The van der Waals surface area contributed by atoms with Crippen LogP contribution in [0.3, 0.4) is 0 Å². The van der Waals surface area contributed by atoms with Crippen molar-refractivity contribution in [1.82, 2.24) is 0 Å². The summed E-state index contributed by atoms with van der Waals surface area (Å²) in [6.07, 6.45) is 9.39. The van der Waals surface area contributed by atoms with Crippen molar-refractivity contribution >= 4 is 0 Å². The van der Waals surface area contributed by atoms with Gasteiger partial charge in [0.1, 0.15) is 11.2 Å². The van der Waals surface area contributed by atoms with Crippen molar-refractivity contribution in [2.45, 2.75) is 82.5 Å². The van der Waals surface area contributed by atoms with E-state index < -0.39 is 0 Å². The molecule has 122 valence electrons. The van der Waals surface area contributed by atoms with Crippen molar-refractivity contribution in [3.8, 4) is 0 Å². The topological polar surface area (TPSA) is 32.8 Å². The summed E-state index contributed by atoms with van der Waals surface area (Å²) in [5, 5.41) is 10.6. The Bertz CT molecular complexity index is 542. The predicted molar refractivity (Wildman–Crippen MR) is 86.4 cm³/mol. The van der Waals surface area contributed by atoms with E-state index >= 15 is 0 Å². The zero-order valence-corrected chi connectivity index (χ0v) is 14.1. The number of aliphatic hydroxyl groups is 1. The summed E-state index contributed by atoms with van der Waals surface area (Å²) in [5.41, 5.74) is 1.95. The van der Waals surface area contributed by atoms with E-state index in [0.29, 0.717) is 0 Å². The van der Waals surface area contributed by atoms with Crippen LogP contribution < -0.4 is 0 Å². The maximum atomic E-state index is 10.6. The van der Waals surface area contributed by atoms with Gasteiger partial charge in [-0.05, 0) is 80.5 Å². The van der Waals surface area contributed by atoms with Crippen LogP contribution in [0.5, 0.6) is 0 Å². The minimum absolute atomic E-state index is 0.0684. The number of aliphatic hydroxyl groups excluding tert-OH is 1. The lowest BCUT2D eigenvalue weighted by Gasteiger charge is -2.55. The molecular formula is C20H30O2. The second-order valence-electron chi connectivity index (χ2n) is 9.52. The molecule has 5 fully saturated rings. The first kappa shape index (κ1) is 14.0. The third-order valence-electron chi connectivity index (χ3n) is 8.68. The molecule has 1 saturated heterocycles. The quantitative estimate of drug-likeness (QED) is 0.540. The normalized spacial score (nSPS) is 62.7. The third-order valence-corrected chi connectivity index (χ3v) is 8.68. The lowest BCUT2D eigenvalue weighted by Crippen LogP contribution is -2.55. The van der Waals surface area contributed by atoms with Gasteiger partial charge in [-0.2, -0.15) is 0 Å². The third kappa shape index (κ3) is 1.41. The smallest absolute Gasteiger partial charge is 0.102 e. The number of fused-ring (bicyclic) bond motifs is 3. The zero-order chi connectivity index (χ0) is 15.3. The van der Waals surface area contributed by atoms with Gasteiger partial charge >= 0.3 is 0 Å². The number of rotatable bonds is 0. The monoisotopic (exact) mass is 302 g/mol. The minimum Gasteiger partial charge on any atom is -0.393 e. The summed E-state index contributed by atoms with van der Waals surface area (Å²) < 4.78 is 6.61. The van der Waals surface area contributed by atoms with Crippen LogP contribution in [0, 0.1) is 29.1 Å². The molecular weight excluding hydrogens is 272 g/mol. The van der Waals surface area contributed by atoms with Crippen LogP contribution in [0.25, 0.3) is 0 Å². The first-order valence-electron chi connectivity index (χ1n) is 9.47. The van der Waals surface area contributed by atoms with Gasteiger partial charge in [0.25, 0.3) is 0 Å². The van der Waals surface area contributed by atoms with Gasteiger partial charge in [0.05, 0.1) is 6.10 Å². The highest BCUT2D eigenvalue weighted by Crippen LogP contribution is 2.74. The second kappa shape index (κ2) is 4.00. The predicted octanol–water partition coefficient (Wildman–Crippen LogP) is 4.08. The fraction of sp³-hybridized carbons (Fsp3) is 0.900. The summed E-state index contributed by atoms with van der Waals surface area (Å²) >= 11 is 0. The summed E-state index contributed by atoms with van der Waals surface area (Å²) in [6, 6.07) is 0. The Morgan fingerprint density at radius 1 is 1.18 bits per heavy atom. The van der Waals surface area contributed by atoms with Crippen molar-refractivity contribution in [3.63, 3.8) is 0 Å². The summed E-state index contributed by atoms with van der Waals surface area (Å²) in [7, 11) is 0. The van der Waals surface area contributed by atoms with Crippen LogP contribution in [0.15, 0.2) is 12.2 Å². The van der Waals surface area contributed by atoms with E-state index in [1.54, 1.807) is 0 Å². The van der Waals surface area contributed by atoms with E-state index in [-0.39, 0.29) is 22.7 Å². The molecule has 0 amide bonds. The Kier molecular flexibility index (Phi) is 2.56. The van der Waals surface area contributed by atoms with Crippen LogP contribution in [0.2, 0.25) is 0 Å². The number of hydrogen-bond acceptors (Lipinski definition) is 2. The van der Waals surface area contributed by atoms with Gasteiger partial charge in [0.2, 0.25) is 0 Å². The Morgan fingerprint density at radius 3 is 2.82 bits per heavy atom. The molecule has 1 aliphatic heterocycles. The molecule has 0 spiro atoms. The molecule has 2 nitrogen and oxygen atoms in total. The van der Waals surface area contributed by atoms with E-state index in [1.807, 2.05) is 0 Å². The van der Waals surface area contributed by atoms with Gasteiger partial charge in [-0.1, -0.05) is 26.0 Å². The maximum Gasteiger partial charge on any atom is 0.102 e. The Morgan fingerprint density at radius 2 is 2.00 bits per heavy atom. The van der Waals surface area contributed by atoms with Crippen LogP contribution in [-0.4, -0.2) is 22.4 Å². The molecule has 0 aromatic rings. The van der Waals surface area contributed by atoms with E-state index in [9.17, 15) is 5.11 Å². The molecule has 0 bridgehead atoms. The lowest BCUT2D eigenvalue weighted by molar-refractivity contribution is -0.0789. The van der Waals surface area contributed by atoms with Crippen molar-refractivity contribution in [1.29, 1.82) is 0 Å². The molecule has 4 saturated carbocycles. The van der Waals surface area contributed by atoms with E-state index in [2.05, 4.69) is 20.4 Å². The molecule has 5 aliphatic rings. The molecule has 0 unspecified atom stereocenters. The first-order chi connectivity index (χ1) is 10.4. The highest BCUT2D eigenvalue weighted by Gasteiger charge is 2.78. The molecule has 0 aromatic carbocycles. The van der Waals surface area contributed by atoms with Crippen LogP contribution in [-0.2, 0) is 4.74 Å². The molecule has 4 aliphatic carbocycles. The SMILES string of the molecule is C=C1CC[C@@]23O[C@]2(C1)C[C@@H](C)[C@H]1[C@@H]2CC[C@@H](O)[C@@]2(C)CC[C@@H]13. The molecule has 0 radical (unpaired) electrons. The minimum atomic E-state index is -0.0684. The summed E-state index contributed by atoms with van der Waals surface area (Å²) in [6.45, 7) is 9.10. The number of epoxide rings is 1. The second-order valence-corrected chi connectivity index (χ2v) is 9.52. The number of ether oxygens (including phenoxy) is 1. The van der Waals surface area contributed by atoms with E-state index in [0.717, 1.165) is 36.5 Å². The fourth-order valence-electron chi connectivity index (χ4n) is 7.69. The average Bonchev–Trinajstić information content (AvgIpc) is 3.04. The van der Waals surface area contributed by atoms with E-state index in [1.165, 1.54) is 44.1 Å². The van der Waals surface area contributed by atoms with E-state index in [4.69, 9.17) is 4.74 Å². The molecule has 8 atom stereocenters. The Labute approximate surface area is 134 Å². The van der Waals surface area contributed by atoms with Crippen LogP contribution in [0.4, 0.5) is 0 Å². The molecule has 22 heavy (non-hydrogen) atoms.